The second-order valence-electron chi connectivity index (χ2n) is 17.8. The first-order valence-electron chi connectivity index (χ1n) is 22.9. The fraction of sp³-hybridized carbons (Fsp3) is 0. The third-order valence-electron chi connectivity index (χ3n) is 14.3. The van der Waals surface area contributed by atoms with E-state index in [9.17, 15) is 0 Å². The van der Waals surface area contributed by atoms with Crippen LogP contribution < -0.4 is 0 Å². The monoisotopic (exact) mass is 884 g/mol. The van der Waals surface area contributed by atoms with Gasteiger partial charge in [-0.3, -0.25) is 0 Å². The van der Waals surface area contributed by atoms with E-state index < -0.39 is 0 Å². The molecule has 3 heterocycles. The summed E-state index contributed by atoms with van der Waals surface area (Å²) >= 11 is 3.75. The van der Waals surface area contributed by atoms with Crippen LogP contribution in [0.3, 0.4) is 0 Å². The van der Waals surface area contributed by atoms with Crippen LogP contribution in [-0.2, 0) is 0 Å². The maximum Gasteiger partial charge on any atom is 0.136 e. The molecule has 0 saturated carbocycles. The van der Waals surface area contributed by atoms with Crippen LogP contribution >= 0.6 is 22.7 Å². The van der Waals surface area contributed by atoms with Gasteiger partial charge in [0.25, 0.3) is 0 Å². The molecule has 1 nitrogen and oxygen atoms in total. The lowest BCUT2D eigenvalue weighted by Gasteiger charge is -2.18. The van der Waals surface area contributed by atoms with Gasteiger partial charge < -0.3 is 4.42 Å². The first kappa shape index (κ1) is 37.2. The zero-order valence-electron chi connectivity index (χ0n) is 36.0. The highest BCUT2D eigenvalue weighted by atomic mass is 32.1. The zero-order chi connectivity index (χ0) is 43.7. The van der Waals surface area contributed by atoms with Crippen molar-refractivity contribution in [1.82, 2.24) is 0 Å². The minimum Gasteiger partial charge on any atom is -0.456 e. The molecule has 0 saturated heterocycles. The molecule has 0 atom stereocenters. The number of furan rings is 1. The van der Waals surface area contributed by atoms with E-state index in [-0.39, 0.29) is 0 Å². The second kappa shape index (κ2) is 14.2. The predicted octanol–water partition coefficient (Wildman–Crippen LogP) is 19.6. The van der Waals surface area contributed by atoms with Gasteiger partial charge in [-0.2, -0.15) is 0 Å². The number of rotatable bonds is 4. The lowest BCUT2D eigenvalue weighted by Crippen LogP contribution is -1.91. The summed E-state index contributed by atoms with van der Waals surface area (Å²) in [7, 11) is 0. The molecule has 0 spiro atoms. The molecule has 310 valence electrons. The number of fused-ring (bicyclic) bond motifs is 13. The Labute approximate surface area is 393 Å². The third kappa shape index (κ3) is 5.35. The lowest BCUT2D eigenvalue weighted by atomic mass is 9.84. The van der Waals surface area contributed by atoms with E-state index in [0.717, 1.165) is 27.5 Å². The summed E-state index contributed by atoms with van der Waals surface area (Å²) in [6, 6.07) is 80.8. The summed E-state index contributed by atoms with van der Waals surface area (Å²) in [4.78, 5) is 0. The first-order valence-corrected chi connectivity index (χ1v) is 24.5. The van der Waals surface area contributed by atoms with E-state index in [0.29, 0.717) is 0 Å². The van der Waals surface area contributed by atoms with Crippen LogP contribution in [0.1, 0.15) is 0 Å². The quantitative estimate of drug-likeness (QED) is 0.161. The number of benzene rings is 12. The van der Waals surface area contributed by atoms with Gasteiger partial charge in [0.15, 0.2) is 0 Å². The second-order valence-corrected chi connectivity index (χ2v) is 19.9. The molecular formula is C64H36OS2. The molecule has 67 heavy (non-hydrogen) atoms. The van der Waals surface area contributed by atoms with Crippen LogP contribution in [0.25, 0.3) is 150 Å². The summed E-state index contributed by atoms with van der Waals surface area (Å²) in [6.07, 6.45) is 0. The van der Waals surface area contributed by atoms with Crippen LogP contribution in [0.5, 0.6) is 0 Å². The predicted molar refractivity (Wildman–Crippen MR) is 291 cm³/mol. The summed E-state index contributed by atoms with van der Waals surface area (Å²) in [5.41, 5.74) is 11.7. The Balaban J connectivity index is 0.925. The minimum absolute atomic E-state index is 0.887. The largest absolute Gasteiger partial charge is 0.456 e. The Morgan fingerprint density at radius 2 is 0.612 bits per heavy atom. The van der Waals surface area contributed by atoms with E-state index in [4.69, 9.17) is 4.42 Å². The van der Waals surface area contributed by atoms with Gasteiger partial charge in [-0.05, 0) is 136 Å². The summed E-state index contributed by atoms with van der Waals surface area (Å²) in [5, 5.41) is 17.5. The van der Waals surface area contributed by atoms with Crippen molar-refractivity contribution in [3.05, 3.63) is 218 Å². The summed E-state index contributed by atoms with van der Waals surface area (Å²) in [5.74, 6) is 0. The Morgan fingerprint density at radius 1 is 0.239 bits per heavy atom. The summed E-state index contributed by atoms with van der Waals surface area (Å²) in [6.45, 7) is 0. The summed E-state index contributed by atoms with van der Waals surface area (Å²) < 4.78 is 12.1. The van der Waals surface area contributed by atoms with Crippen molar-refractivity contribution >= 4 is 128 Å². The highest BCUT2D eigenvalue weighted by Gasteiger charge is 2.23. The van der Waals surface area contributed by atoms with Crippen molar-refractivity contribution in [3.63, 3.8) is 0 Å². The molecule has 0 aliphatic heterocycles. The van der Waals surface area contributed by atoms with Gasteiger partial charge in [-0.25, -0.2) is 0 Å². The fourth-order valence-electron chi connectivity index (χ4n) is 11.5. The molecule has 15 rings (SSSR count). The molecule has 0 bridgehead atoms. The molecule has 0 fully saturated rings. The third-order valence-corrected chi connectivity index (χ3v) is 16.5. The van der Waals surface area contributed by atoms with E-state index in [1.807, 2.05) is 22.7 Å². The molecule has 12 aromatic carbocycles. The Morgan fingerprint density at radius 3 is 1.07 bits per heavy atom. The fourth-order valence-corrected chi connectivity index (χ4v) is 13.8. The molecule has 15 aromatic rings. The first-order chi connectivity index (χ1) is 33.2. The molecule has 0 amide bonds. The standard InChI is InChI=1S/C64H36OS2/c1-5-19-44-40(15-1)59(41-16-2-6-20-45(41)61(44)50-25-13-29-57-63(50)48-23-9-11-27-55(48)66-57)37-32-34-53-52(35-37)39-33-31-38(36-54(39)65-53)60-42-17-3-7-21-46(42)62(47-22-8-4-18-43(47)60)51-26-14-30-58-64(51)49-24-10-12-28-56(49)67-58/h1-36H. The molecule has 0 aliphatic rings. The Bertz CT molecular complexity index is 4470. The van der Waals surface area contributed by atoms with Crippen LogP contribution in [-0.4, -0.2) is 0 Å². The highest BCUT2D eigenvalue weighted by molar-refractivity contribution is 7.26. The van der Waals surface area contributed by atoms with E-state index >= 15 is 0 Å². The molecule has 0 aliphatic carbocycles. The van der Waals surface area contributed by atoms with Gasteiger partial charge in [0.1, 0.15) is 11.2 Å². The number of hydrogen-bond acceptors (Lipinski definition) is 3. The molecule has 3 heteroatoms. The molecule has 0 N–H and O–H groups in total. The maximum atomic E-state index is 6.83. The topological polar surface area (TPSA) is 13.1 Å². The number of hydrogen-bond donors (Lipinski definition) is 0. The van der Waals surface area contributed by atoms with Crippen LogP contribution in [0.15, 0.2) is 223 Å². The van der Waals surface area contributed by atoms with Gasteiger partial charge in [-0.15, -0.1) is 22.7 Å². The molecule has 0 unspecified atom stereocenters. The van der Waals surface area contributed by atoms with Gasteiger partial charge >= 0.3 is 0 Å². The maximum absolute atomic E-state index is 6.83. The minimum atomic E-state index is 0.887. The average Bonchev–Trinajstić information content (AvgIpc) is 4.08. The van der Waals surface area contributed by atoms with Crippen molar-refractivity contribution in [1.29, 1.82) is 0 Å². The van der Waals surface area contributed by atoms with Gasteiger partial charge in [0, 0.05) is 51.1 Å². The van der Waals surface area contributed by atoms with Crippen molar-refractivity contribution in [2.24, 2.45) is 0 Å². The Kier molecular flexibility index (Phi) is 7.88. The van der Waals surface area contributed by atoms with Gasteiger partial charge in [0.05, 0.1) is 0 Å². The smallest absolute Gasteiger partial charge is 0.136 e. The lowest BCUT2D eigenvalue weighted by molar-refractivity contribution is 0.669. The van der Waals surface area contributed by atoms with Crippen molar-refractivity contribution in [2.45, 2.75) is 0 Å². The van der Waals surface area contributed by atoms with Gasteiger partial charge in [0.2, 0.25) is 0 Å². The van der Waals surface area contributed by atoms with E-state index in [2.05, 4.69) is 218 Å². The molecule has 3 aromatic heterocycles. The van der Waals surface area contributed by atoms with Crippen LogP contribution in [0.4, 0.5) is 0 Å². The normalized spacial score (nSPS) is 12.2. The highest BCUT2D eigenvalue weighted by Crippen LogP contribution is 2.51. The average molecular weight is 885 g/mol. The van der Waals surface area contributed by atoms with E-state index in [1.165, 1.54) is 122 Å². The molecular weight excluding hydrogens is 849 g/mol. The van der Waals surface area contributed by atoms with Crippen LogP contribution in [0.2, 0.25) is 0 Å². The van der Waals surface area contributed by atoms with E-state index in [1.54, 1.807) is 0 Å². The number of thiophene rings is 2. The van der Waals surface area contributed by atoms with Gasteiger partial charge in [-0.1, -0.05) is 170 Å². The van der Waals surface area contributed by atoms with Crippen molar-refractivity contribution in [3.8, 4) is 44.5 Å². The Hall–Kier alpha value is -8.08. The van der Waals surface area contributed by atoms with Crippen LogP contribution in [0, 0.1) is 0 Å². The van der Waals surface area contributed by atoms with Crippen molar-refractivity contribution < 1.29 is 4.42 Å². The molecule has 0 radical (unpaired) electrons. The SMILES string of the molecule is c1ccc2c(c1)sc1cccc(-c3c4ccccc4c(-c4ccc5c(c4)oc4ccc(-c6c7ccccc7c(-c7cccc8sc9ccccc9c78)c7ccccc67)cc45)c4ccccc34)c12. The van der Waals surface area contributed by atoms with Crippen molar-refractivity contribution in [2.75, 3.05) is 0 Å². The zero-order valence-corrected chi connectivity index (χ0v) is 37.6.